The van der Waals surface area contributed by atoms with E-state index in [0.29, 0.717) is 29.5 Å². The van der Waals surface area contributed by atoms with Crippen molar-refractivity contribution in [1.29, 1.82) is 0 Å². The van der Waals surface area contributed by atoms with E-state index in [9.17, 15) is 9.59 Å². The summed E-state index contributed by atoms with van der Waals surface area (Å²) in [5.41, 5.74) is 1.26. The van der Waals surface area contributed by atoms with Crippen LogP contribution in [0.5, 0.6) is 5.75 Å². The van der Waals surface area contributed by atoms with Crippen molar-refractivity contribution >= 4 is 17.5 Å². The number of nitrogens with one attached hydrogen (secondary N) is 1. The summed E-state index contributed by atoms with van der Waals surface area (Å²) in [7, 11) is 0. The first kappa shape index (κ1) is 15.3. The molecule has 1 aliphatic rings. The lowest BCUT2D eigenvalue weighted by Gasteiger charge is -2.29. The second kappa shape index (κ2) is 6.58. The van der Waals surface area contributed by atoms with Crippen LogP contribution in [0.25, 0.3) is 0 Å². The first-order valence-electron chi connectivity index (χ1n) is 6.95. The van der Waals surface area contributed by atoms with E-state index in [1.54, 1.807) is 18.2 Å². The number of amides is 2. The Morgan fingerprint density at radius 3 is 2.90 bits per heavy atom. The van der Waals surface area contributed by atoms with E-state index in [1.165, 1.54) is 4.90 Å². The summed E-state index contributed by atoms with van der Waals surface area (Å²) in [5, 5.41) is 11.9. The van der Waals surface area contributed by atoms with Crippen LogP contribution in [0.4, 0.5) is 5.69 Å². The molecular weight excluding hydrogens is 272 g/mol. The summed E-state index contributed by atoms with van der Waals surface area (Å²) in [6.45, 7) is 4.37. The molecule has 0 bridgehead atoms. The number of hydrogen-bond donors (Lipinski definition) is 2. The van der Waals surface area contributed by atoms with Crippen LogP contribution in [-0.2, 0) is 16.2 Å². The van der Waals surface area contributed by atoms with Crippen LogP contribution in [0, 0.1) is 5.92 Å². The number of aliphatic hydroxyl groups is 1. The molecule has 0 spiro atoms. The average molecular weight is 292 g/mol. The van der Waals surface area contributed by atoms with Gasteiger partial charge in [-0.2, -0.15) is 0 Å². The Hall–Kier alpha value is -2.08. The van der Waals surface area contributed by atoms with E-state index in [2.05, 4.69) is 5.32 Å². The number of rotatable bonds is 5. The topological polar surface area (TPSA) is 78.9 Å². The quantitative estimate of drug-likeness (QED) is 0.836. The zero-order valence-corrected chi connectivity index (χ0v) is 12.3. The van der Waals surface area contributed by atoms with Crippen LogP contribution in [-0.4, -0.2) is 36.6 Å². The fraction of sp³-hybridized carbons (Fsp3) is 0.467. The van der Waals surface area contributed by atoms with Gasteiger partial charge in [0.25, 0.3) is 5.91 Å². The molecule has 1 aromatic carbocycles. The second-order valence-corrected chi connectivity index (χ2v) is 5.43. The molecule has 1 heterocycles. The second-order valence-electron chi connectivity index (χ2n) is 5.43. The van der Waals surface area contributed by atoms with Crippen molar-refractivity contribution < 1.29 is 19.4 Å². The van der Waals surface area contributed by atoms with Gasteiger partial charge >= 0.3 is 0 Å². The maximum atomic E-state index is 12.0. The van der Waals surface area contributed by atoms with E-state index in [0.717, 1.165) is 0 Å². The third-order valence-electron chi connectivity index (χ3n) is 3.16. The van der Waals surface area contributed by atoms with Crippen molar-refractivity contribution in [2.24, 2.45) is 5.92 Å². The van der Waals surface area contributed by atoms with Gasteiger partial charge in [0.2, 0.25) is 5.91 Å². The maximum absolute atomic E-state index is 12.0. The monoisotopic (exact) mass is 292 g/mol. The molecule has 0 fully saturated rings. The molecule has 0 unspecified atom stereocenters. The molecule has 2 amide bonds. The number of aliphatic hydroxyl groups excluding tert-OH is 1. The minimum absolute atomic E-state index is 0.0274. The molecule has 2 N–H and O–H groups in total. The molecule has 114 valence electrons. The van der Waals surface area contributed by atoms with Crippen molar-refractivity contribution in [3.63, 3.8) is 0 Å². The Morgan fingerprint density at radius 2 is 2.24 bits per heavy atom. The van der Waals surface area contributed by atoms with Crippen molar-refractivity contribution in [3.05, 3.63) is 23.8 Å². The highest BCUT2D eigenvalue weighted by atomic mass is 16.5. The Labute approximate surface area is 123 Å². The van der Waals surface area contributed by atoms with E-state index in [-0.39, 0.29) is 31.6 Å². The predicted octanol–water partition coefficient (Wildman–Crippen LogP) is 0.676. The molecule has 1 aliphatic heterocycles. The van der Waals surface area contributed by atoms with Crippen molar-refractivity contribution in [3.8, 4) is 5.75 Å². The van der Waals surface area contributed by atoms with Crippen molar-refractivity contribution in [1.82, 2.24) is 5.32 Å². The van der Waals surface area contributed by atoms with Crippen LogP contribution in [0.3, 0.4) is 0 Å². The number of anilines is 1. The summed E-state index contributed by atoms with van der Waals surface area (Å²) in [5.74, 6) is 0.418. The molecule has 0 saturated heterocycles. The largest absolute Gasteiger partial charge is 0.482 e. The number of benzene rings is 1. The Morgan fingerprint density at radius 1 is 1.48 bits per heavy atom. The molecule has 0 aromatic heterocycles. The summed E-state index contributed by atoms with van der Waals surface area (Å²) >= 11 is 0. The normalized spacial score (nSPS) is 13.9. The van der Waals surface area contributed by atoms with Crippen LogP contribution in [0.15, 0.2) is 18.2 Å². The van der Waals surface area contributed by atoms with E-state index < -0.39 is 0 Å². The lowest BCUT2D eigenvalue weighted by molar-refractivity contribution is -0.125. The fourth-order valence-electron chi connectivity index (χ4n) is 2.04. The Bertz CT molecular complexity index is 542. The minimum atomic E-state index is -0.251. The van der Waals surface area contributed by atoms with Crippen LogP contribution >= 0.6 is 0 Å². The van der Waals surface area contributed by atoms with Crippen LogP contribution < -0.4 is 15.0 Å². The zero-order valence-electron chi connectivity index (χ0n) is 12.3. The molecule has 0 aliphatic carbocycles. The van der Waals surface area contributed by atoms with Crippen molar-refractivity contribution in [2.75, 3.05) is 24.6 Å². The molecular formula is C15H20N2O4. The number of nitrogens with zero attached hydrogens (tertiary/aromatic N) is 1. The third kappa shape index (κ3) is 3.72. The summed E-state index contributed by atoms with van der Waals surface area (Å²) in [6, 6.07) is 5.08. The molecule has 6 nitrogen and oxygen atoms in total. The zero-order chi connectivity index (χ0) is 15.4. The van der Waals surface area contributed by atoms with Gasteiger partial charge in [-0.05, 0) is 23.6 Å². The average Bonchev–Trinajstić information content (AvgIpc) is 2.47. The van der Waals surface area contributed by atoms with Gasteiger partial charge < -0.3 is 15.2 Å². The summed E-state index contributed by atoms with van der Waals surface area (Å²) < 4.78 is 5.35. The highest BCUT2D eigenvalue weighted by Crippen LogP contribution is 2.32. The minimum Gasteiger partial charge on any atom is -0.482 e. The number of carbonyl (C=O) groups excluding carboxylic acids is 2. The maximum Gasteiger partial charge on any atom is 0.265 e. The van der Waals surface area contributed by atoms with Gasteiger partial charge in [-0.25, -0.2) is 0 Å². The highest BCUT2D eigenvalue weighted by molar-refractivity contribution is 6.02. The number of carbonyl (C=O) groups is 2. The van der Waals surface area contributed by atoms with Crippen LogP contribution in [0.1, 0.15) is 19.4 Å². The number of ether oxygens (including phenoxy) is 1. The molecule has 6 heteroatoms. The first-order valence-corrected chi connectivity index (χ1v) is 6.95. The third-order valence-corrected chi connectivity index (χ3v) is 3.16. The highest BCUT2D eigenvalue weighted by Gasteiger charge is 2.27. The molecule has 0 atom stereocenters. The lowest BCUT2D eigenvalue weighted by Crippen LogP contribution is -2.45. The van der Waals surface area contributed by atoms with Gasteiger partial charge in [-0.3, -0.25) is 14.5 Å². The van der Waals surface area contributed by atoms with Gasteiger partial charge in [0, 0.05) is 6.54 Å². The first-order chi connectivity index (χ1) is 10.0. The standard InChI is InChI=1S/C15H20N2O4/c1-10(2)6-16-14(19)7-17-12-4-3-11(8-18)5-13(12)21-9-15(17)20/h3-5,10,18H,6-9H2,1-2H3,(H,16,19). The Kier molecular flexibility index (Phi) is 4.80. The van der Waals surface area contributed by atoms with E-state index in [4.69, 9.17) is 9.84 Å². The van der Waals surface area contributed by atoms with Gasteiger partial charge in [-0.1, -0.05) is 19.9 Å². The van der Waals surface area contributed by atoms with Gasteiger partial charge in [0.05, 0.1) is 12.3 Å². The predicted molar refractivity (Wildman–Crippen MR) is 78.1 cm³/mol. The SMILES string of the molecule is CC(C)CNC(=O)CN1C(=O)COc2cc(CO)ccc21. The van der Waals surface area contributed by atoms with Crippen LogP contribution in [0.2, 0.25) is 0 Å². The smallest absolute Gasteiger partial charge is 0.265 e. The van der Waals surface area contributed by atoms with E-state index >= 15 is 0 Å². The number of fused-ring (bicyclic) bond motifs is 1. The summed E-state index contributed by atoms with van der Waals surface area (Å²) in [4.78, 5) is 25.3. The van der Waals surface area contributed by atoms with Gasteiger partial charge in [0.15, 0.2) is 6.61 Å². The molecule has 0 saturated carbocycles. The molecule has 21 heavy (non-hydrogen) atoms. The summed E-state index contributed by atoms with van der Waals surface area (Å²) in [6.07, 6.45) is 0. The van der Waals surface area contributed by atoms with Gasteiger partial charge in [-0.15, -0.1) is 0 Å². The van der Waals surface area contributed by atoms with Gasteiger partial charge in [0.1, 0.15) is 12.3 Å². The molecule has 2 rings (SSSR count). The molecule has 0 radical (unpaired) electrons. The number of hydrogen-bond acceptors (Lipinski definition) is 4. The lowest BCUT2D eigenvalue weighted by atomic mass is 10.1. The fourth-order valence-corrected chi connectivity index (χ4v) is 2.04. The Balaban J connectivity index is 2.13. The molecule has 1 aromatic rings. The van der Waals surface area contributed by atoms with E-state index in [1.807, 2.05) is 13.8 Å². The van der Waals surface area contributed by atoms with Crippen molar-refractivity contribution in [2.45, 2.75) is 20.5 Å².